The molecule has 4 amide bonds. The van der Waals surface area contributed by atoms with Crippen LogP contribution in [0.5, 0.6) is 5.75 Å². The fraction of sp³-hybridized carbons (Fsp3) is 0.250. The molecule has 0 spiro atoms. The number of nitrogens with one attached hydrogen (secondary N) is 2. The van der Waals surface area contributed by atoms with Crippen LogP contribution in [0.25, 0.3) is 0 Å². The van der Waals surface area contributed by atoms with Crippen LogP contribution in [-0.2, 0) is 16.1 Å². The number of halogens is 1. The number of imide groups is 1. The number of rotatable bonds is 8. The van der Waals surface area contributed by atoms with Crippen molar-refractivity contribution in [3.05, 3.63) is 59.9 Å². The fourth-order valence-electron chi connectivity index (χ4n) is 2.75. The van der Waals surface area contributed by atoms with Gasteiger partial charge in [-0.25, -0.2) is 9.18 Å². The van der Waals surface area contributed by atoms with Gasteiger partial charge >= 0.3 is 6.03 Å². The Morgan fingerprint density at radius 2 is 2.00 bits per heavy atom. The van der Waals surface area contributed by atoms with Crippen molar-refractivity contribution in [2.45, 2.75) is 19.4 Å². The molecule has 1 aliphatic rings. The molecule has 0 unspecified atom stereocenters. The van der Waals surface area contributed by atoms with Crippen molar-refractivity contribution >= 4 is 23.5 Å². The number of urea groups is 1. The van der Waals surface area contributed by atoms with E-state index in [1.165, 1.54) is 12.1 Å². The van der Waals surface area contributed by atoms with Gasteiger partial charge in [0.2, 0.25) is 11.8 Å². The molecule has 0 bridgehead atoms. The molecular weight excluding hydrogens is 365 g/mol. The van der Waals surface area contributed by atoms with Gasteiger partial charge in [0.15, 0.2) is 0 Å². The minimum Gasteiger partial charge on any atom is -0.493 e. The molecule has 1 saturated heterocycles. The van der Waals surface area contributed by atoms with E-state index in [4.69, 9.17) is 4.74 Å². The molecule has 0 aromatic heterocycles. The highest BCUT2D eigenvalue weighted by atomic mass is 19.1. The summed E-state index contributed by atoms with van der Waals surface area (Å²) in [6.07, 6.45) is 0.719. The zero-order chi connectivity index (χ0) is 19.9. The second-order valence-corrected chi connectivity index (χ2v) is 6.30. The Morgan fingerprint density at radius 3 is 2.75 bits per heavy atom. The van der Waals surface area contributed by atoms with Gasteiger partial charge < -0.3 is 15.4 Å². The maximum absolute atomic E-state index is 13.1. The molecule has 7 nitrogen and oxygen atoms in total. The lowest BCUT2D eigenvalue weighted by molar-refractivity contribution is -0.125. The number of carbonyl (C=O) groups is 3. The van der Waals surface area contributed by atoms with Crippen LogP contribution in [0.3, 0.4) is 0 Å². The van der Waals surface area contributed by atoms with Gasteiger partial charge in [-0.2, -0.15) is 0 Å². The van der Waals surface area contributed by atoms with Crippen molar-refractivity contribution in [1.29, 1.82) is 0 Å². The van der Waals surface area contributed by atoms with Crippen LogP contribution in [0.4, 0.5) is 14.9 Å². The van der Waals surface area contributed by atoms with Crippen LogP contribution in [0.1, 0.15) is 18.4 Å². The van der Waals surface area contributed by atoms with Crippen LogP contribution >= 0.6 is 0 Å². The van der Waals surface area contributed by atoms with Gasteiger partial charge in [-0.05, 0) is 36.2 Å². The minimum absolute atomic E-state index is 0.00690. The third-order valence-electron chi connectivity index (χ3n) is 4.10. The van der Waals surface area contributed by atoms with Crippen LogP contribution < -0.4 is 15.4 Å². The van der Waals surface area contributed by atoms with E-state index in [1.807, 2.05) is 0 Å². The monoisotopic (exact) mass is 385 g/mol. The van der Waals surface area contributed by atoms with Crippen LogP contribution in [0.2, 0.25) is 0 Å². The molecule has 8 heteroatoms. The van der Waals surface area contributed by atoms with Crippen molar-refractivity contribution in [3.8, 4) is 5.75 Å². The number of anilines is 1. The van der Waals surface area contributed by atoms with Crippen molar-refractivity contribution in [1.82, 2.24) is 10.2 Å². The first-order valence-corrected chi connectivity index (χ1v) is 8.86. The molecule has 1 heterocycles. The van der Waals surface area contributed by atoms with Crippen molar-refractivity contribution < 1.29 is 23.5 Å². The van der Waals surface area contributed by atoms with E-state index in [2.05, 4.69) is 10.6 Å². The second kappa shape index (κ2) is 8.98. The van der Waals surface area contributed by atoms with E-state index in [0.717, 1.165) is 10.5 Å². The van der Waals surface area contributed by atoms with E-state index in [-0.39, 0.29) is 37.1 Å². The molecule has 0 atom stereocenters. The van der Waals surface area contributed by atoms with E-state index in [1.54, 1.807) is 36.4 Å². The highest BCUT2D eigenvalue weighted by Crippen LogP contribution is 2.15. The topological polar surface area (TPSA) is 87.7 Å². The molecule has 2 aromatic carbocycles. The van der Waals surface area contributed by atoms with Gasteiger partial charge in [-0.1, -0.05) is 18.2 Å². The smallest absolute Gasteiger partial charge is 0.324 e. The van der Waals surface area contributed by atoms with Gasteiger partial charge in [0.05, 0.1) is 19.7 Å². The largest absolute Gasteiger partial charge is 0.493 e. The van der Waals surface area contributed by atoms with E-state index < -0.39 is 6.03 Å². The SMILES string of the molecule is O=C(CCCOc1cccc(F)c1)Nc1cccc(CN2C(=O)CNC2=O)c1. The molecule has 2 N–H and O–H groups in total. The van der Waals surface area contributed by atoms with Crippen LogP contribution in [-0.4, -0.2) is 35.9 Å². The molecule has 3 rings (SSSR count). The molecular formula is C20H20FN3O4. The first-order chi connectivity index (χ1) is 13.5. The summed E-state index contributed by atoms with van der Waals surface area (Å²) in [6.45, 7) is 0.450. The third kappa shape index (κ3) is 5.29. The first-order valence-electron chi connectivity index (χ1n) is 8.86. The van der Waals surface area contributed by atoms with Gasteiger partial charge in [0.25, 0.3) is 0 Å². The van der Waals surface area contributed by atoms with Crippen molar-refractivity contribution in [3.63, 3.8) is 0 Å². The van der Waals surface area contributed by atoms with Gasteiger partial charge in [-0.15, -0.1) is 0 Å². The van der Waals surface area contributed by atoms with Gasteiger partial charge in [0.1, 0.15) is 11.6 Å². The van der Waals surface area contributed by atoms with Gasteiger partial charge in [0, 0.05) is 18.2 Å². The quantitative estimate of drug-likeness (QED) is 0.540. The number of hydrogen-bond donors (Lipinski definition) is 2. The number of amides is 4. The lowest BCUT2D eigenvalue weighted by Gasteiger charge is -2.13. The maximum atomic E-state index is 13.1. The lowest BCUT2D eigenvalue weighted by atomic mass is 10.2. The molecule has 146 valence electrons. The molecule has 0 radical (unpaired) electrons. The van der Waals surface area contributed by atoms with Crippen molar-refractivity contribution in [2.75, 3.05) is 18.5 Å². The Morgan fingerprint density at radius 1 is 1.18 bits per heavy atom. The summed E-state index contributed by atoms with van der Waals surface area (Å²) in [4.78, 5) is 36.5. The standard InChI is InChI=1S/C20H20FN3O4/c21-15-5-2-7-17(11-15)28-9-3-8-18(25)23-16-6-1-4-14(10-16)13-24-19(26)12-22-20(24)27/h1-2,4-7,10-11H,3,8-9,12-13H2,(H,22,27)(H,23,25). The average molecular weight is 385 g/mol. The Kier molecular flexibility index (Phi) is 6.21. The Bertz CT molecular complexity index is 871. The Balaban J connectivity index is 1.45. The highest BCUT2D eigenvalue weighted by molar-refractivity contribution is 6.01. The predicted octanol–water partition coefficient (Wildman–Crippen LogP) is 2.68. The molecule has 1 fully saturated rings. The predicted molar refractivity (Wildman–Crippen MR) is 100 cm³/mol. The molecule has 0 saturated carbocycles. The molecule has 1 aliphatic heterocycles. The fourth-order valence-corrected chi connectivity index (χ4v) is 2.75. The summed E-state index contributed by atoms with van der Waals surface area (Å²) < 4.78 is 18.5. The second-order valence-electron chi connectivity index (χ2n) is 6.30. The molecule has 0 aliphatic carbocycles. The minimum atomic E-state index is -0.419. The van der Waals surface area contributed by atoms with Crippen molar-refractivity contribution in [2.24, 2.45) is 0 Å². The molecule has 2 aromatic rings. The average Bonchev–Trinajstić information content (AvgIpc) is 2.98. The summed E-state index contributed by atoms with van der Waals surface area (Å²) in [5.41, 5.74) is 1.32. The number of hydrogen-bond acceptors (Lipinski definition) is 4. The zero-order valence-electron chi connectivity index (χ0n) is 15.1. The Labute approximate surface area is 161 Å². The van der Waals surface area contributed by atoms with Crippen LogP contribution in [0, 0.1) is 5.82 Å². The number of ether oxygens (including phenoxy) is 1. The highest BCUT2D eigenvalue weighted by Gasteiger charge is 2.28. The first kappa shape index (κ1) is 19.3. The zero-order valence-corrected chi connectivity index (χ0v) is 15.1. The normalized spacial score (nSPS) is 13.4. The van der Waals surface area contributed by atoms with E-state index in [0.29, 0.717) is 24.5 Å². The number of benzene rings is 2. The summed E-state index contributed by atoms with van der Waals surface area (Å²) in [7, 11) is 0. The summed E-state index contributed by atoms with van der Waals surface area (Å²) in [5.74, 6) is -0.412. The summed E-state index contributed by atoms with van der Waals surface area (Å²) in [6, 6.07) is 12.4. The number of carbonyl (C=O) groups excluding carboxylic acids is 3. The third-order valence-corrected chi connectivity index (χ3v) is 4.10. The van der Waals surface area contributed by atoms with E-state index in [9.17, 15) is 18.8 Å². The van der Waals surface area contributed by atoms with Gasteiger partial charge in [-0.3, -0.25) is 14.5 Å². The summed E-state index contributed by atoms with van der Waals surface area (Å²) in [5, 5.41) is 5.24. The van der Waals surface area contributed by atoms with E-state index >= 15 is 0 Å². The van der Waals surface area contributed by atoms with Crippen LogP contribution in [0.15, 0.2) is 48.5 Å². The Hall–Kier alpha value is -3.42. The maximum Gasteiger partial charge on any atom is 0.324 e. The molecule has 28 heavy (non-hydrogen) atoms. The number of nitrogens with zero attached hydrogens (tertiary/aromatic N) is 1. The summed E-state index contributed by atoms with van der Waals surface area (Å²) >= 11 is 0. The lowest BCUT2D eigenvalue weighted by Crippen LogP contribution is -2.30.